The zero-order chi connectivity index (χ0) is 14.6. The van der Waals surface area contributed by atoms with E-state index in [0.29, 0.717) is 12.8 Å². The lowest BCUT2D eigenvalue weighted by atomic mass is 10.1. The van der Waals surface area contributed by atoms with Gasteiger partial charge in [0.05, 0.1) is 17.3 Å². The number of amides is 1. The predicted molar refractivity (Wildman–Crippen MR) is 81.7 cm³/mol. The second kappa shape index (κ2) is 6.49. The van der Waals surface area contributed by atoms with Crippen LogP contribution in [0, 0.1) is 0 Å². The van der Waals surface area contributed by atoms with Gasteiger partial charge >= 0.3 is 0 Å². The lowest BCUT2D eigenvalue weighted by Crippen LogP contribution is -2.32. The zero-order valence-corrected chi connectivity index (χ0v) is 12.7. The molecule has 2 rings (SSSR count). The summed E-state index contributed by atoms with van der Waals surface area (Å²) >= 11 is 1.39. The number of hydrogen-bond acceptors (Lipinski definition) is 5. The molecule has 1 fully saturated rings. The molecule has 0 aromatic heterocycles. The van der Waals surface area contributed by atoms with Crippen LogP contribution in [0.3, 0.4) is 0 Å². The normalized spacial score (nSPS) is 18.6. The molecule has 0 spiro atoms. The summed E-state index contributed by atoms with van der Waals surface area (Å²) in [6.07, 6.45) is 1.24. The molecule has 1 aliphatic rings. The van der Waals surface area contributed by atoms with E-state index in [1.54, 1.807) is 0 Å². The number of sulfone groups is 1. The Morgan fingerprint density at radius 3 is 2.60 bits per heavy atom. The number of hydrogen-bond donors (Lipinski definition) is 2. The third-order valence-electron chi connectivity index (χ3n) is 3.17. The summed E-state index contributed by atoms with van der Waals surface area (Å²) in [5.41, 5.74) is 6.09. The van der Waals surface area contributed by atoms with Gasteiger partial charge in [-0.15, -0.1) is 11.8 Å². The third kappa shape index (κ3) is 4.42. The molecular weight excluding hydrogens is 296 g/mol. The van der Waals surface area contributed by atoms with E-state index in [2.05, 4.69) is 5.32 Å². The number of nitrogens with one attached hydrogen (secondary N) is 1. The van der Waals surface area contributed by atoms with Gasteiger partial charge in [-0.1, -0.05) is 12.1 Å². The van der Waals surface area contributed by atoms with E-state index in [-0.39, 0.29) is 29.2 Å². The molecule has 1 aromatic carbocycles. The number of anilines is 1. The molecule has 110 valence electrons. The van der Waals surface area contributed by atoms with Gasteiger partial charge in [0.1, 0.15) is 9.84 Å². The first-order valence-corrected chi connectivity index (χ1v) is 9.24. The Morgan fingerprint density at radius 2 is 1.95 bits per heavy atom. The molecular formula is C13H18N2O3S2. The van der Waals surface area contributed by atoms with Crippen LogP contribution in [-0.2, 0) is 14.6 Å². The van der Waals surface area contributed by atoms with E-state index in [4.69, 9.17) is 5.73 Å². The Morgan fingerprint density at radius 1 is 1.30 bits per heavy atom. The van der Waals surface area contributed by atoms with Gasteiger partial charge in [0.2, 0.25) is 5.91 Å². The van der Waals surface area contributed by atoms with Crippen molar-refractivity contribution in [2.24, 2.45) is 5.73 Å². The number of carbonyl (C=O) groups excluding carboxylic acids is 1. The first-order chi connectivity index (χ1) is 9.46. The van der Waals surface area contributed by atoms with E-state index in [9.17, 15) is 13.2 Å². The minimum atomic E-state index is -2.85. The molecule has 0 atom stereocenters. The predicted octanol–water partition coefficient (Wildman–Crippen LogP) is 1.25. The van der Waals surface area contributed by atoms with Crippen LogP contribution in [0.1, 0.15) is 12.8 Å². The van der Waals surface area contributed by atoms with Crippen molar-refractivity contribution in [1.29, 1.82) is 0 Å². The summed E-state index contributed by atoms with van der Waals surface area (Å²) in [4.78, 5) is 11.8. The molecule has 0 radical (unpaired) electrons. The van der Waals surface area contributed by atoms with Gasteiger partial charge in [-0.2, -0.15) is 0 Å². The number of primary amides is 1. The van der Waals surface area contributed by atoms with E-state index < -0.39 is 9.84 Å². The van der Waals surface area contributed by atoms with Crippen LogP contribution < -0.4 is 11.1 Å². The number of rotatable bonds is 5. The molecule has 1 heterocycles. The fraction of sp³-hybridized carbons (Fsp3) is 0.462. The second-order valence-electron chi connectivity index (χ2n) is 4.82. The molecule has 1 aliphatic heterocycles. The standard InChI is InChI=1S/C13H18N2O3S2/c14-13(16)9-19-12-4-2-1-3-11(12)15-10-5-7-20(17,18)8-6-10/h1-4,10,15H,5-9H2,(H2,14,16). The molecule has 0 unspecified atom stereocenters. The number of benzene rings is 1. The van der Waals surface area contributed by atoms with Crippen LogP contribution in [0.5, 0.6) is 0 Å². The first-order valence-electron chi connectivity index (χ1n) is 6.43. The Labute approximate surface area is 123 Å². The van der Waals surface area contributed by atoms with Crippen molar-refractivity contribution in [2.75, 3.05) is 22.6 Å². The Kier molecular flexibility index (Phi) is 4.93. The number of thioether (sulfide) groups is 1. The van der Waals surface area contributed by atoms with Crippen molar-refractivity contribution >= 4 is 33.2 Å². The maximum Gasteiger partial charge on any atom is 0.227 e. The average molecular weight is 314 g/mol. The quantitative estimate of drug-likeness (QED) is 0.799. The lowest BCUT2D eigenvalue weighted by molar-refractivity contribution is -0.115. The van der Waals surface area contributed by atoms with Crippen molar-refractivity contribution < 1.29 is 13.2 Å². The smallest absolute Gasteiger partial charge is 0.227 e. The highest BCUT2D eigenvalue weighted by Gasteiger charge is 2.23. The topological polar surface area (TPSA) is 89.3 Å². The summed E-state index contributed by atoms with van der Waals surface area (Å²) in [6.45, 7) is 0. The van der Waals surface area contributed by atoms with Crippen LogP contribution in [0.15, 0.2) is 29.2 Å². The van der Waals surface area contributed by atoms with Crippen LogP contribution in [0.25, 0.3) is 0 Å². The Bertz CT molecular complexity index is 573. The molecule has 0 aliphatic carbocycles. The monoisotopic (exact) mass is 314 g/mol. The first kappa shape index (κ1) is 15.2. The van der Waals surface area contributed by atoms with Crippen LogP contribution in [0.2, 0.25) is 0 Å². The van der Waals surface area contributed by atoms with Crippen LogP contribution >= 0.6 is 11.8 Å². The van der Waals surface area contributed by atoms with Crippen molar-refractivity contribution in [2.45, 2.75) is 23.8 Å². The third-order valence-corrected chi connectivity index (χ3v) is 5.98. The molecule has 1 amide bonds. The summed E-state index contributed by atoms with van der Waals surface area (Å²) in [5, 5.41) is 3.37. The molecule has 0 bridgehead atoms. The lowest BCUT2D eigenvalue weighted by Gasteiger charge is -2.25. The summed E-state index contributed by atoms with van der Waals surface area (Å²) in [6, 6.07) is 7.84. The van der Waals surface area contributed by atoms with Gasteiger partial charge in [0, 0.05) is 16.6 Å². The van der Waals surface area contributed by atoms with E-state index in [1.165, 1.54) is 11.8 Å². The van der Waals surface area contributed by atoms with Crippen molar-refractivity contribution in [3.63, 3.8) is 0 Å². The molecule has 3 N–H and O–H groups in total. The van der Waals surface area contributed by atoms with Gasteiger partial charge in [-0.3, -0.25) is 4.79 Å². The molecule has 20 heavy (non-hydrogen) atoms. The van der Waals surface area contributed by atoms with Crippen molar-refractivity contribution in [3.05, 3.63) is 24.3 Å². The fourth-order valence-corrected chi connectivity index (χ4v) is 4.36. The fourth-order valence-electron chi connectivity index (χ4n) is 2.11. The maximum atomic E-state index is 11.4. The minimum Gasteiger partial charge on any atom is -0.381 e. The highest BCUT2D eigenvalue weighted by atomic mass is 32.2. The summed E-state index contributed by atoms with van der Waals surface area (Å²) in [5.74, 6) is 0.355. The van der Waals surface area contributed by atoms with Crippen molar-refractivity contribution in [1.82, 2.24) is 0 Å². The molecule has 1 aromatic rings. The SMILES string of the molecule is NC(=O)CSc1ccccc1NC1CCS(=O)(=O)CC1. The van der Waals surface area contributed by atoms with Gasteiger partial charge in [0.15, 0.2) is 0 Å². The second-order valence-corrected chi connectivity index (χ2v) is 8.14. The van der Waals surface area contributed by atoms with Crippen LogP contribution in [0.4, 0.5) is 5.69 Å². The summed E-state index contributed by atoms with van der Waals surface area (Å²) < 4.78 is 22.8. The van der Waals surface area contributed by atoms with Gasteiger partial charge < -0.3 is 11.1 Å². The number of nitrogens with two attached hydrogens (primary N) is 1. The minimum absolute atomic E-state index is 0.161. The summed E-state index contributed by atoms with van der Waals surface area (Å²) in [7, 11) is -2.85. The zero-order valence-electron chi connectivity index (χ0n) is 11.0. The van der Waals surface area contributed by atoms with E-state index in [0.717, 1.165) is 10.6 Å². The number of carbonyl (C=O) groups is 1. The molecule has 7 heteroatoms. The van der Waals surface area contributed by atoms with Crippen molar-refractivity contribution in [3.8, 4) is 0 Å². The maximum absolute atomic E-state index is 11.4. The Hall–Kier alpha value is -1.21. The molecule has 5 nitrogen and oxygen atoms in total. The largest absolute Gasteiger partial charge is 0.381 e. The highest BCUT2D eigenvalue weighted by molar-refractivity contribution is 8.00. The Balaban J connectivity index is 2.00. The van der Waals surface area contributed by atoms with Gasteiger partial charge in [-0.25, -0.2) is 8.42 Å². The van der Waals surface area contributed by atoms with Gasteiger partial charge in [-0.05, 0) is 25.0 Å². The van der Waals surface area contributed by atoms with E-state index >= 15 is 0 Å². The highest BCUT2D eigenvalue weighted by Crippen LogP contribution is 2.28. The van der Waals surface area contributed by atoms with Gasteiger partial charge in [0.25, 0.3) is 0 Å². The van der Waals surface area contributed by atoms with E-state index in [1.807, 2.05) is 24.3 Å². The molecule has 0 saturated carbocycles. The number of para-hydroxylation sites is 1. The molecule has 1 saturated heterocycles. The average Bonchev–Trinajstić information content (AvgIpc) is 2.40. The van der Waals surface area contributed by atoms with Crippen LogP contribution in [-0.4, -0.2) is 37.6 Å².